The molecule has 1 fully saturated rings. The first-order valence-corrected chi connectivity index (χ1v) is 9.92. The predicted octanol–water partition coefficient (Wildman–Crippen LogP) is 2.93. The Morgan fingerprint density at radius 3 is 2.80 bits per heavy atom. The number of aromatic nitrogens is 2. The number of rotatable bonds is 3. The van der Waals surface area contributed by atoms with Gasteiger partial charge >= 0.3 is 6.03 Å². The first-order chi connectivity index (χ1) is 14.6. The normalized spacial score (nSPS) is 15.5. The molecule has 2 aliphatic rings. The number of benzene rings is 1. The van der Waals surface area contributed by atoms with Gasteiger partial charge in [-0.2, -0.15) is 5.26 Å². The van der Waals surface area contributed by atoms with Crippen LogP contribution in [0.4, 0.5) is 10.5 Å². The number of amides is 3. The Balaban J connectivity index is 1.43. The van der Waals surface area contributed by atoms with Crippen molar-refractivity contribution in [1.29, 1.82) is 5.26 Å². The summed E-state index contributed by atoms with van der Waals surface area (Å²) in [7, 11) is 0. The summed E-state index contributed by atoms with van der Waals surface area (Å²) in [6, 6.07) is 11.3. The van der Waals surface area contributed by atoms with Crippen LogP contribution in [0.15, 0.2) is 36.5 Å². The minimum Gasteiger partial charge on any atom is -0.366 e. The van der Waals surface area contributed by atoms with E-state index < -0.39 is 5.91 Å². The van der Waals surface area contributed by atoms with Crippen molar-refractivity contribution in [1.82, 2.24) is 14.5 Å². The average molecular weight is 400 g/mol. The highest BCUT2D eigenvalue weighted by Gasteiger charge is 2.37. The number of fused-ring (bicyclic) bond motifs is 2. The van der Waals surface area contributed by atoms with Crippen LogP contribution in [0.25, 0.3) is 10.9 Å². The molecule has 3 heterocycles. The maximum atomic E-state index is 12.9. The standard InChI is InChI=1S/C22H20N6O2/c23-11-16-19(21(24)29)18-12-27(8-9-28(18)20(16)13-3-4-13)22(30)26-15-5-6-17-14(10-15)2-1-7-25-17/h1-2,5-7,10,13H,3-4,8-9,12H2,(H2,24,29)(H,26,30). The van der Waals surface area contributed by atoms with E-state index in [4.69, 9.17) is 5.73 Å². The van der Waals surface area contributed by atoms with E-state index in [1.165, 1.54) is 0 Å². The number of carbonyl (C=O) groups excluding carboxylic acids is 2. The van der Waals surface area contributed by atoms with Crippen molar-refractivity contribution in [3.05, 3.63) is 59.0 Å². The first kappa shape index (κ1) is 18.2. The smallest absolute Gasteiger partial charge is 0.322 e. The van der Waals surface area contributed by atoms with Gasteiger partial charge in [0.2, 0.25) is 0 Å². The maximum Gasteiger partial charge on any atom is 0.322 e. The highest BCUT2D eigenvalue weighted by atomic mass is 16.2. The lowest BCUT2D eigenvalue weighted by Gasteiger charge is -2.30. The molecule has 3 aromatic rings. The van der Waals surface area contributed by atoms with Crippen LogP contribution in [0, 0.1) is 11.3 Å². The fraction of sp³-hybridized carbons (Fsp3) is 0.273. The number of carbonyl (C=O) groups is 2. The van der Waals surface area contributed by atoms with E-state index in [0.717, 1.165) is 29.4 Å². The maximum absolute atomic E-state index is 12.9. The Kier molecular flexibility index (Phi) is 4.17. The van der Waals surface area contributed by atoms with Crippen LogP contribution >= 0.6 is 0 Å². The number of primary amides is 1. The zero-order chi connectivity index (χ0) is 20.8. The second-order valence-electron chi connectivity index (χ2n) is 7.75. The number of pyridine rings is 1. The summed E-state index contributed by atoms with van der Waals surface area (Å²) in [4.78, 5) is 31.0. The molecule has 30 heavy (non-hydrogen) atoms. The Morgan fingerprint density at radius 2 is 2.07 bits per heavy atom. The minimum absolute atomic E-state index is 0.237. The van der Waals surface area contributed by atoms with E-state index in [1.54, 1.807) is 11.1 Å². The molecule has 3 N–H and O–H groups in total. The van der Waals surface area contributed by atoms with Crippen LogP contribution in [0.1, 0.15) is 46.1 Å². The van der Waals surface area contributed by atoms with E-state index in [9.17, 15) is 14.9 Å². The van der Waals surface area contributed by atoms with Gasteiger partial charge in [0.25, 0.3) is 5.91 Å². The lowest BCUT2D eigenvalue weighted by molar-refractivity contribution is 0.0997. The minimum atomic E-state index is -0.619. The molecule has 2 aromatic heterocycles. The van der Waals surface area contributed by atoms with E-state index in [1.807, 2.05) is 34.9 Å². The molecular formula is C22H20N6O2. The third-order valence-corrected chi connectivity index (χ3v) is 5.81. The monoisotopic (exact) mass is 400 g/mol. The molecule has 5 rings (SSSR count). The van der Waals surface area contributed by atoms with Crippen molar-refractivity contribution >= 4 is 28.5 Å². The Labute approximate surface area is 172 Å². The van der Waals surface area contributed by atoms with Crippen LogP contribution < -0.4 is 11.1 Å². The molecule has 8 nitrogen and oxygen atoms in total. The molecule has 8 heteroatoms. The summed E-state index contributed by atoms with van der Waals surface area (Å²) in [5.74, 6) is -0.315. The van der Waals surface area contributed by atoms with Gasteiger partial charge in [0, 0.05) is 42.0 Å². The number of nitriles is 1. The Morgan fingerprint density at radius 1 is 1.23 bits per heavy atom. The molecule has 1 aliphatic heterocycles. The van der Waals surface area contributed by atoms with Gasteiger partial charge in [-0.15, -0.1) is 0 Å². The molecule has 0 bridgehead atoms. The number of hydrogen-bond acceptors (Lipinski definition) is 4. The third kappa shape index (κ3) is 2.95. The molecule has 0 spiro atoms. The molecule has 3 amide bonds. The second-order valence-corrected chi connectivity index (χ2v) is 7.75. The van der Waals surface area contributed by atoms with Gasteiger partial charge in [0.1, 0.15) is 6.07 Å². The molecule has 0 unspecified atom stereocenters. The molecular weight excluding hydrogens is 380 g/mol. The molecule has 0 saturated heterocycles. The Bertz CT molecular complexity index is 1230. The van der Waals surface area contributed by atoms with Crippen molar-refractivity contribution in [2.45, 2.75) is 31.8 Å². The van der Waals surface area contributed by atoms with Crippen molar-refractivity contribution in [3.8, 4) is 6.07 Å². The largest absolute Gasteiger partial charge is 0.366 e. The molecule has 0 radical (unpaired) electrons. The van der Waals surface area contributed by atoms with Gasteiger partial charge in [0.15, 0.2) is 0 Å². The van der Waals surface area contributed by atoms with E-state index in [0.29, 0.717) is 36.0 Å². The van der Waals surface area contributed by atoms with Crippen LogP contribution in [0.2, 0.25) is 0 Å². The van der Waals surface area contributed by atoms with E-state index in [-0.39, 0.29) is 18.1 Å². The SMILES string of the molecule is N#Cc1c(C(N)=O)c2n(c1C1CC1)CCN(C(=O)Nc1ccc3ncccc3c1)C2. The summed E-state index contributed by atoms with van der Waals surface area (Å²) >= 11 is 0. The number of nitrogens with zero attached hydrogens (tertiary/aromatic N) is 4. The zero-order valence-electron chi connectivity index (χ0n) is 16.3. The summed E-state index contributed by atoms with van der Waals surface area (Å²) in [6.45, 7) is 1.27. The molecule has 1 aliphatic carbocycles. The van der Waals surface area contributed by atoms with Crippen molar-refractivity contribution < 1.29 is 9.59 Å². The lowest BCUT2D eigenvalue weighted by Crippen LogP contribution is -2.41. The number of nitrogens with one attached hydrogen (secondary N) is 1. The summed E-state index contributed by atoms with van der Waals surface area (Å²) in [5.41, 5.74) is 9.35. The first-order valence-electron chi connectivity index (χ1n) is 9.92. The van der Waals surface area contributed by atoms with Gasteiger partial charge in [0.05, 0.1) is 28.9 Å². The van der Waals surface area contributed by atoms with Gasteiger partial charge in [-0.3, -0.25) is 9.78 Å². The lowest BCUT2D eigenvalue weighted by atomic mass is 10.1. The molecule has 0 atom stereocenters. The highest BCUT2D eigenvalue weighted by molar-refractivity contribution is 5.98. The summed E-state index contributed by atoms with van der Waals surface area (Å²) in [5, 5.41) is 13.5. The number of urea groups is 1. The van der Waals surface area contributed by atoms with Crippen LogP contribution in [0.5, 0.6) is 0 Å². The third-order valence-electron chi connectivity index (χ3n) is 5.81. The van der Waals surface area contributed by atoms with E-state index >= 15 is 0 Å². The van der Waals surface area contributed by atoms with Crippen LogP contribution in [-0.2, 0) is 13.1 Å². The Hall–Kier alpha value is -3.86. The van der Waals surface area contributed by atoms with Crippen molar-refractivity contribution in [3.63, 3.8) is 0 Å². The fourth-order valence-electron chi connectivity index (χ4n) is 4.28. The fourth-order valence-corrected chi connectivity index (χ4v) is 4.28. The summed E-state index contributed by atoms with van der Waals surface area (Å²) in [6.07, 6.45) is 3.75. The topological polar surface area (TPSA) is 117 Å². The second kappa shape index (κ2) is 6.88. The quantitative estimate of drug-likeness (QED) is 0.703. The van der Waals surface area contributed by atoms with E-state index in [2.05, 4.69) is 16.4 Å². The predicted molar refractivity (Wildman–Crippen MR) is 111 cm³/mol. The average Bonchev–Trinajstić information content (AvgIpc) is 3.53. The van der Waals surface area contributed by atoms with Crippen LogP contribution in [-0.4, -0.2) is 32.9 Å². The van der Waals surface area contributed by atoms with Gasteiger partial charge in [-0.25, -0.2) is 4.79 Å². The van der Waals surface area contributed by atoms with Crippen molar-refractivity contribution in [2.24, 2.45) is 5.73 Å². The number of hydrogen-bond donors (Lipinski definition) is 2. The molecule has 1 saturated carbocycles. The van der Waals surface area contributed by atoms with Gasteiger partial charge < -0.3 is 20.5 Å². The van der Waals surface area contributed by atoms with Gasteiger partial charge in [-0.05, 0) is 37.1 Å². The highest BCUT2D eigenvalue weighted by Crippen LogP contribution is 2.44. The molecule has 1 aromatic carbocycles. The van der Waals surface area contributed by atoms with Crippen LogP contribution in [0.3, 0.4) is 0 Å². The van der Waals surface area contributed by atoms with Crippen molar-refractivity contribution in [2.75, 3.05) is 11.9 Å². The zero-order valence-corrected chi connectivity index (χ0v) is 16.3. The summed E-state index contributed by atoms with van der Waals surface area (Å²) < 4.78 is 2.03. The number of anilines is 1. The van der Waals surface area contributed by atoms with Gasteiger partial charge in [-0.1, -0.05) is 6.07 Å². The number of nitrogens with two attached hydrogens (primary N) is 1. The molecule has 150 valence electrons.